The van der Waals surface area contributed by atoms with Gasteiger partial charge in [-0.3, -0.25) is 4.79 Å². The van der Waals surface area contributed by atoms with Crippen molar-refractivity contribution in [3.05, 3.63) is 63.7 Å². The van der Waals surface area contributed by atoms with E-state index in [0.29, 0.717) is 12.8 Å². The molecule has 24 heavy (non-hydrogen) atoms. The van der Waals surface area contributed by atoms with Gasteiger partial charge in [0.15, 0.2) is 15.6 Å². The first kappa shape index (κ1) is 18.6. The third-order valence-corrected chi connectivity index (χ3v) is 6.17. The Balaban J connectivity index is 2.03. The van der Waals surface area contributed by atoms with Crippen LogP contribution in [-0.2, 0) is 9.84 Å². The molecule has 0 fully saturated rings. The number of carbonyl (C=O) groups is 1. The van der Waals surface area contributed by atoms with Crippen LogP contribution in [0.2, 0.25) is 0 Å². The molecular formula is C19H22O3S2. The van der Waals surface area contributed by atoms with Gasteiger partial charge in [-0.15, -0.1) is 11.3 Å². The molecule has 1 aromatic heterocycles. The molecule has 3 nitrogen and oxygen atoms in total. The number of hydrogen-bond donors (Lipinski definition) is 0. The summed E-state index contributed by atoms with van der Waals surface area (Å²) < 4.78 is 24.7. The van der Waals surface area contributed by atoms with E-state index in [1.165, 1.54) is 16.7 Å². The molecule has 0 unspecified atom stereocenters. The number of ketones is 1. The Hall–Kier alpha value is -1.72. The van der Waals surface area contributed by atoms with Crippen molar-refractivity contribution >= 4 is 27.0 Å². The van der Waals surface area contributed by atoms with Crippen molar-refractivity contribution in [2.45, 2.75) is 38.5 Å². The molecule has 0 saturated heterocycles. The Morgan fingerprint density at radius 1 is 1.17 bits per heavy atom. The molecule has 0 spiro atoms. The van der Waals surface area contributed by atoms with E-state index in [1.807, 2.05) is 38.3 Å². The molecule has 0 bridgehead atoms. The van der Waals surface area contributed by atoms with Gasteiger partial charge < -0.3 is 0 Å². The molecular weight excluding hydrogens is 340 g/mol. The lowest BCUT2D eigenvalue weighted by atomic mass is 9.87. The van der Waals surface area contributed by atoms with Crippen molar-refractivity contribution in [2.24, 2.45) is 5.41 Å². The maximum absolute atomic E-state index is 12.4. The van der Waals surface area contributed by atoms with Crippen LogP contribution >= 0.6 is 11.3 Å². The lowest BCUT2D eigenvalue weighted by Gasteiger charge is -2.19. The van der Waals surface area contributed by atoms with Crippen molar-refractivity contribution in [1.29, 1.82) is 0 Å². The van der Waals surface area contributed by atoms with E-state index in [9.17, 15) is 13.2 Å². The fourth-order valence-electron chi connectivity index (χ4n) is 2.16. The molecule has 0 saturated carbocycles. The number of rotatable bonds is 7. The first-order chi connectivity index (χ1) is 11.2. The van der Waals surface area contributed by atoms with E-state index in [2.05, 4.69) is 0 Å². The van der Waals surface area contributed by atoms with Crippen molar-refractivity contribution in [1.82, 2.24) is 0 Å². The average molecular weight is 363 g/mol. The Kier molecular flexibility index (Phi) is 5.78. The highest BCUT2D eigenvalue weighted by Gasteiger charge is 2.19. The van der Waals surface area contributed by atoms with Crippen LogP contribution in [0.15, 0.2) is 58.2 Å². The SMILES string of the molecule is Cc1ccc(S(=O)(=O)/C=C/C(C)(C)CCC(=O)c2cccs2)cc1. The maximum atomic E-state index is 12.4. The highest BCUT2D eigenvalue weighted by Crippen LogP contribution is 2.27. The predicted molar refractivity (Wildman–Crippen MR) is 99.2 cm³/mol. The minimum absolute atomic E-state index is 0.105. The highest BCUT2D eigenvalue weighted by atomic mass is 32.2. The molecule has 2 aromatic rings. The van der Waals surface area contributed by atoms with Crippen LogP contribution < -0.4 is 0 Å². The normalized spacial score (nSPS) is 12.6. The van der Waals surface area contributed by atoms with Crippen LogP contribution in [0.4, 0.5) is 0 Å². The topological polar surface area (TPSA) is 51.2 Å². The highest BCUT2D eigenvalue weighted by molar-refractivity contribution is 7.94. The standard InChI is InChI=1S/C19H22O3S2/c1-15-6-8-16(9-7-15)24(21,22)14-12-19(2,3)11-10-17(20)18-5-4-13-23-18/h4-9,12-14H,10-11H2,1-3H3/b14-12+. The Morgan fingerprint density at radius 2 is 1.83 bits per heavy atom. The largest absolute Gasteiger partial charge is 0.293 e. The number of carbonyl (C=O) groups excluding carboxylic acids is 1. The zero-order valence-corrected chi connectivity index (χ0v) is 15.8. The fraction of sp³-hybridized carbons (Fsp3) is 0.316. The summed E-state index contributed by atoms with van der Waals surface area (Å²) in [6.45, 7) is 5.80. The molecule has 0 aliphatic heterocycles. The molecule has 1 aromatic carbocycles. The van der Waals surface area contributed by atoms with Gasteiger partial charge in [-0.1, -0.05) is 43.7 Å². The van der Waals surface area contributed by atoms with Crippen LogP contribution in [0, 0.1) is 12.3 Å². The minimum Gasteiger partial charge on any atom is -0.293 e. The molecule has 0 aliphatic carbocycles. The first-order valence-corrected chi connectivity index (χ1v) is 10.2. The number of benzene rings is 1. The van der Waals surface area contributed by atoms with E-state index in [1.54, 1.807) is 30.3 Å². The number of Topliss-reactive ketones (excluding diaryl/α,β-unsaturated/α-hetero) is 1. The molecule has 1 heterocycles. The second-order valence-electron chi connectivity index (χ2n) is 6.55. The monoisotopic (exact) mass is 362 g/mol. The van der Waals surface area contributed by atoms with Crippen molar-refractivity contribution in [2.75, 3.05) is 0 Å². The summed E-state index contributed by atoms with van der Waals surface area (Å²) >= 11 is 1.43. The Bertz CT molecular complexity index is 812. The molecule has 5 heteroatoms. The van der Waals surface area contributed by atoms with Crippen molar-refractivity contribution in [3.63, 3.8) is 0 Å². The van der Waals surface area contributed by atoms with Gasteiger partial charge in [-0.25, -0.2) is 8.42 Å². The second kappa shape index (κ2) is 7.45. The van der Waals surface area contributed by atoms with Gasteiger partial charge in [0, 0.05) is 11.8 Å². The van der Waals surface area contributed by atoms with Gasteiger partial charge >= 0.3 is 0 Å². The zero-order valence-electron chi connectivity index (χ0n) is 14.2. The first-order valence-electron chi connectivity index (χ1n) is 7.77. The van der Waals surface area contributed by atoms with Crippen LogP contribution in [0.1, 0.15) is 41.9 Å². The average Bonchev–Trinajstić information content (AvgIpc) is 3.06. The van der Waals surface area contributed by atoms with Crippen LogP contribution in [-0.4, -0.2) is 14.2 Å². The van der Waals surface area contributed by atoms with E-state index in [0.717, 1.165) is 10.4 Å². The summed E-state index contributed by atoms with van der Waals surface area (Å²) in [5.74, 6) is 0.105. The summed E-state index contributed by atoms with van der Waals surface area (Å²) in [6, 6.07) is 10.5. The number of thiophene rings is 1. The lowest BCUT2D eigenvalue weighted by molar-refractivity contribution is 0.0973. The maximum Gasteiger partial charge on any atom is 0.199 e. The third-order valence-electron chi connectivity index (χ3n) is 3.84. The van der Waals surface area contributed by atoms with Gasteiger partial charge in [-0.2, -0.15) is 0 Å². The summed E-state index contributed by atoms with van der Waals surface area (Å²) in [5, 5.41) is 3.14. The van der Waals surface area contributed by atoms with Crippen molar-refractivity contribution in [3.8, 4) is 0 Å². The summed E-state index contributed by atoms with van der Waals surface area (Å²) in [5.41, 5.74) is 0.648. The van der Waals surface area contributed by atoms with Crippen LogP contribution in [0.3, 0.4) is 0 Å². The van der Waals surface area contributed by atoms with E-state index >= 15 is 0 Å². The molecule has 128 valence electrons. The van der Waals surface area contributed by atoms with E-state index in [4.69, 9.17) is 0 Å². The molecule has 0 aliphatic rings. The van der Waals surface area contributed by atoms with Crippen molar-refractivity contribution < 1.29 is 13.2 Å². The lowest BCUT2D eigenvalue weighted by Crippen LogP contribution is -2.11. The smallest absolute Gasteiger partial charge is 0.199 e. The molecule has 0 amide bonds. The molecule has 0 radical (unpaired) electrons. The second-order valence-corrected chi connectivity index (χ2v) is 9.33. The van der Waals surface area contributed by atoms with Crippen LogP contribution in [0.5, 0.6) is 0 Å². The van der Waals surface area contributed by atoms with Gasteiger partial charge in [-0.05, 0) is 42.3 Å². The number of allylic oxidation sites excluding steroid dienone is 1. The van der Waals surface area contributed by atoms with E-state index < -0.39 is 9.84 Å². The van der Waals surface area contributed by atoms with Gasteiger partial charge in [0.2, 0.25) is 0 Å². The summed E-state index contributed by atoms with van der Waals surface area (Å²) in [6.07, 6.45) is 2.69. The summed E-state index contributed by atoms with van der Waals surface area (Å²) in [4.78, 5) is 13.1. The molecule has 0 N–H and O–H groups in total. The zero-order chi connectivity index (χ0) is 17.8. The Labute approximate surface area is 148 Å². The molecule has 2 rings (SSSR count). The van der Waals surface area contributed by atoms with Gasteiger partial charge in [0.05, 0.1) is 9.77 Å². The fourth-order valence-corrected chi connectivity index (χ4v) is 4.07. The summed E-state index contributed by atoms with van der Waals surface area (Å²) in [7, 11) is -3.46. The molecule has 0 atom stereocenters. The Morgan fingerprint density at radius 3 is 2.42 bits per heavy atom. The quantitative estimate of drug-likeness (QED) is 0.649. The number of hydrogen-bond acceptors (Lipinski definition) is 4. The third kappa shape index (κ3) is 5.14. The number of sulfone groups is 1. The van der Waals surface area contributed by atoms with Gasteiger partial charge in [0.25, 0.3) is 0 Å². The predicted octanol–water partition coefficient (Wildman–Crippen LogP) is 5.03. The van der Waals surface area contributed by atoms with E-state index in [-0.39, 0.29) is 16.1 Å². The minimum atomic E-state index is -3.46. The number of aryl methyl sites for hydroxylation is 1. The van der Waals surface area contributed by atoms with Gasteiger partial charge in [0.1, 0.15) is 0 Å². The van der Waals surface area contributed by atoms with Crippen LogP contribution in [0.25, 0.3) is 0 Å².